The SMILES string of the molecule is CNC(C)(C)c1cn(C)c2ccc(C(C)C)cc12. The minimum Gasteiger partial charge on any atom is -0.350 e. The van der Waals surface area contributed by atoms with Gasteiger partial charge in [-0.2, -0.15) is 0 Å². The first-order valence-electron chi connectivity index (χ1n) is 6.65. The second kappa shape index (κ2) is 4.43. The smallest absolute Gasteiger partial charge is 0.0481 e. The fourth-order valence-corrected chi connectivity index (χ4v) is 2.40. The first-order valence-corrected chi connectivity index (χ1v) is 6.65. The van der Waals surface area contributed by atoms with Gasteiger partial charge in [-0.3, -0.25) is 0 Å². The van der Waals surface area contributed by atoms with Gasteiger partial charge in [0.2, 0.25) is 0 Å². The topological polar surface area (TPSA) is 17.0 Å². The summed E-state index contributed by atoms with van der Waals surface area (Å²) in [5, 5.41) is 4.76. The van der Waals surface area contributed by atoms with Crippen molar-refractivity contribution in [3.8, 4) is 0 Å². The van der Waals surface area contributed by atoms with Crippen molar-refractivity contribution in [3.63, 3.8) is 0 Å². The molecule has 0 bridgehead atoms. The fraction of sp³-hybridized carbons (Fsp3) is 0.500. The molecular formula is C16H24N2. The molecule has 2 rings (SSSR count). The van der Waals surface area contributed by atoms with Crippen LogP contribution in [-0.2, 0) is 12.6 Å². The third kappa shape index (κ3) is 2.05. The molecule has 0 saturated heterocycles. The summed E-state index contributed by atoms with van der Waals surface area (Å²) in [6, 6.07) is 6.82. The van der Waals surface area contributed by atoms with E-state index in [1.54, 1.807) is 0 Å². The van der Waals surface area contributed by atoms with E-state index in [1.807, 2.05) is 7.05 Å². The van der Waals surface area contributed by atoms with Crippen molar-refractivity contribution in [2.45, 2.75) is 39.2 Å². The molecule has 1 N–H and O–H groups in total. The molecule has 0 aliphatic carbocycles. The molecule has 0 atom stereocenters. The normalized spacial score (nSPS) is 12.6. The zero-order valence-electron chi connectivity index (χ0n) is 12.3. The minimum atomic E-state index is -0.00485. The molecule has 2 aromatic rings. The summed E-state index contributed by atoms with van der Waals surface area (Å²) in [5.74, 6) is 0.570. The Hall–Kier alpha value is -1.28. The maximum Gasteiger partial charge on any atom is 0.0481 e. The highest BCUT2D eigenvalue weighted by atomic mass is 15.0. The second-order valence-corrected chi connectivity index (χ2v) is 5.96. The Kier molecular flexibility index (Phi) is 3.24. The highest BCUT2D eigenvalue weighted by Gasteiger charge is 2.22. The third-order valence-corrected chi connectivity index (χ3v) is 3.98. The number of hydrogen-bond donors (Lipinski definition) is 1. The standard InChI is InChI=1S/C16H24N2/c1-11(2)12-7-8-15-13(9-12)14(10-18(15)6)16(3,4)17-5/h7-11,17H,1-6H3. The van der Waals surface area contributed by atoms with Gasteiger partial charge in [-0.15, -0.1) is 0 Å². The molecule has 2 nitrogen and oxygen atoms in total. The molecule has 0 aliphatic heterocycles. The summed E-state index contributed by atoms with van der Waals surface area (Å²) in [5.41, 5.74) is 4.07. The van der Waals surface area contributed by atoms with E-state index >= 15 is 0 Å². The highest BCUT2D eigenvalue weighted by Crippen LogP contribution is 2.31. The van der Waals surface area contributed by atoms with Crippen molar-refractivity contribution in [1.82, 2.24) is 9.88 Å². The molecule has 18 heavy (non-hydrogen) atoms. The summed E-state index contributed by atoms with van der Waals surface area (Å²) < 4.78 is 2.22. The predicted molar refractivity (Wildman–Crippen MR) is 79.1 cm³/mol. The van der Waals surface area contributed by atoms with Crippen LogP contribution in [0.15, 0.2) is 24.4 Å². The van der Waals surface area contributed by atoms with E-state index in [-0.39, 0.29) is 5.54 Å². The van der Waals surface area contributed by atoms with Crippen molar-refractivity contribution in [2.24, 2.45) is 7.05 Å². The van der Waals surface area contributed by atoms with Crippen molar-refractivity contribution < 1.29 is 0 Å². The van der Waals surface area contributed by atoms with E-state index in [0.29, 0.717) is 5.92 Å². The van der Waals surface area contributed by atoms with Crippen LogP contribution in [0.3, 0.4) is 0 Å². The average Bonchev–Trinajstić information content (AvgIpc) is 2.67. The predicted octanol–water partition coefficient (Wildman–Crippen LogP) is 3.76. The van der Waals surface area contributed by atoms with Crippen LogP contribution in [0, 0.1) is 0 Å². The number of hydrogen-bond acceptors (Lipinski definition) is 1. The van der Waals surface area contributed by atoms with Crippen LogP contribution in [0.2, 0.25) is 0 Å². The van der Waals surface area contributed by atoms with Crippen LogP contribution in [-0.4, -0.2) is 11.6 Å². The molecule has 98 valence electrons. The van der Waals surface area contributed by atoms with Crippen LogP contribution < -0.4 is 5.32 Å². The quantitative estimate of drug-likeness (QED) is 0.870. The van der Waals surface area contributed by atoms with E-state index in [1.165, 1.54) is 22.0 Å². The number of aromatic nitrogens is 1. The molecule has 0 saturated carbocycles. The van der Waals surface area contributed by atoms with Crippen LogP contribution >= 0.6 is 0 Å². The van der Waals surface area contributed by atoms with Crippen LogP contribution in [0.1, 0.15) is 44.7 Å². The van der Waals surface area contributed by atoms with Crippen LogP contribution in [0.25, 0.3) is 10.9 Å². The molecule has 0 unspecified atom stereocenters. The zero-order chi connectivity index (χ0) is 13.5. The van der Waals surface area contributed by atoms with E-state index in [0.717, 1.165) is 0 Å². The molecule has 2 heteroatoms. The van der Waals surface area contributed by atoms with E-state index in [2.05, 4.69) is 69.0 Å². The lowest BCUT2D eigenvalue weighted by Gasteiger charge is -2.24. The van der Waals surface area contributed by atoms with Gasteiger partial charge in [0.1, 0.15) is 0 Å². The Balaban J connectivity index is 2.71. The largest absolute Gasteiger partial charge is 0.350 e. The summed E-state index contributed by atoms with van der Waals surface area (Å²) in [6.07, 6.45) is 2.24. The van der Waals surface area contributed by atoms with E-state index < -0.39 is 0 Å². The lowest BCUT2D eigenvalue weighted by molar-refractivity contribution is 0.447. The summed E-state index contributed by atoms with van der Waals surface area (Å²) in [4.78, 5) is 0. The Morgan fingerprint density at radius 1 is 1.22 bits per heavy atom. The van der Waals surface area contributed by atoms with Gasteiger partial charge in [0.05, 0.1) is 0 Å². The van der Waals surface area contributed by atoms with Crippen molar-refractivity contribution in [3.05, 3.63) is 35.5 Å². The number of benzene rings is 1. The number of fused-ring (bicyclic) bond motifs is 1. The lowest BCUT2D eigenvalue weighted by atomic mass is 9.92. The van der Waals surface area contributed by atoms with E-state index in [4.69, 9.17) is 0 Å². The van der Waals surface area contributed by atoms with Gasteiger partial charge in [0.15, 0.2) is 0 Å². The van der Waals surface area contributed by atoms with E-state index in [9.17, 15) is 0 Å². The van der Waals surface area contributed by atoms with Crippen molar-refractivity contribution in [2.75, 3.05) is 7.05 Å². The van der Waals surface area contributed by atoms with Gasteiger partial charge in [-0.25, -0.2) is 0 Å². The highest BCUT2D eigenvalue weighted by molar-refractivity contribution is 5.85. The van der Waals surface area contributed by atoms with Gasteiger partial charge in [0, 0.05) is 29.7 Å². The molecule has 1 aromatic heterocycles. The maximum absolute atomic E-state index is 3.40. The van der Waals surface area contributed by atoms with Gasteiger partial charge in [0.25, 0.3) is 0 Å². The number of aryl methyl sites for hydroxylation is 1. The zero-order valence-corrected chi connectivity index (χ0v) is 12.3. The van der Waals surface area contributed by atoms with Gasteiger partial charge >= 0.3 is 0 Å². The number of rotatable bonds is 3. The van der Waals surface area contributed by atoms with Crippen molar-refractivity contribution >= 4 is 10.9 Å². The summed E-state index contributed by atoms with van der Waals surface area (Å²) in [7, 11) is 4.14. The molecule has 1 aromatic carbocycles. The fourth-order valence-electron chi connectivity index (χ4n) is 2.40. The minimum absolute atomic E-state index is 0.00485. The first-order chi connectivity index (χ1) is 8.36. The molecule has 0 spiro atoms. The Morgan fingerprint density at radius 2 is 1.89 bits per heavy atom. The first kappa shape index (κ1) is 13.2. The van der Waals surface area contributed by atoms with Crippen LogP contribution in [0.5, 0.6) is 0 Å². The van der Waals surface area contributed by atoms with Gasteiger partial charge < -0.3 is 9.88 Å². The van der Waals surface area contributed by atoms with Crippen molar-refractivity contribution in [1.29, 1.82) is 0 Å². The number of nitrogens with zero attached hydrogens (tertiary/aromatic N) is 1. The maximum atomic E-state index is 3.40. The monoisotopic (exact) mass is 244 g/mol. The molecule has 1 heterocycles. The Morgan fingerprint density at radius 3 is 2.44 bits per heavy atom. The average molecular weight is 244 g/mol. The molecule has 0 fully saturated rings. The lowest BCUT2D eigenvalue weighted by Crippen LogP contribution is -2.32. The Bertz CT molecular complexity index is 562. The summed E-state index contributed by atoms with van der Waals surface area (Å²) in [6.45, 7) is 8.94. The summed E-state index contributed by atoms with van der Waals surface area (Å²) >= 11 is 0. The van der Waals surface area contributed by atoms with Gasteiger partial charge in [-0.1, -0.05) is 19.9 Å². The molecule has 0 amide bonds. The third-order valence-electron chi connectivity index (χ3n) is 3.98. The number of nitrogens with one attached hydrogen (secondary N) is 1. The Labute approximate surface area is 110 Å². The molecular weight excluding hydrogens is 220 g/mol. The molecule has 0 radical (unpaired) electrons. The van der Waals surface area contributed by atoms with Crippen LogP contribution in [0.4, 0.5) is 0 Å². The molecule has 0 aliphatic rings. The van der Waals surface area contributed by atoms with Gasteiger partial charge in [-0.05, 0) is 50.1 Å². The second-order valence-electron chi connectivity index (χ2n) is 5.96.